The van der Waals surface area contributed by atoms with Crippen molar-refractivity contribution in [3.05, 3.63) is 24.3 Å². The Hall–Kier alpha value is -0.270. The van der Waals surface area contributed by atoms with Gasteiger partial charge in [0.1, 0.15) is 0 Å². The van der Waals surface area contributed by atoms with Gasteiger partial charge in [-0.25, -0.2) is 0 Å². The molecule has 0 aliphatic heterocycles. The molecule has 0 unspecified atom stereocenters. The average Bonchev–Trinajstić information content (AvgIpc) is 1.82. The molecule has 0 aliphatic rings. The SMILES string of the molecule is C=CCCN(C)CC(=C)Cl. The van der Waals surface area contributed by atoms with Crippen LogP contribution in [0.4, 0.5) is 0 Å². The van der Waals surface area contributed by atoms with Gasteiger partial charge in [-0.15, -0.1) is 6.58 Å². The van der Waals surface area contributed by atoms with Crippen molar-refractivity contribution >= 4 is 11.6 Å². The van der Waals surface area contributed by atoms with Gasteiger partial charge in [0.2, 0.25) is 0 Å². The molecule has 0 aromatic rings. The smallest absolute Gasteiger partial charge is 0.0332 e. The first-order chi connectivity index (χ1) is 4.66. The van der Waals surface area contributed by atoms with E-state index in [4.69, 9.17) is 11.6 Å². The highest BCUT2D eigenvalue weighted by Crippen LogP contribution is 1.99. The number of halogens is 1. The maximum atomic E-state index is 5.59. The summed E-state index contributed by atoms with van der Waals surface area (Å²) in [6.07, 6.45) is 2.90. The van der Waals surface area contributed by atoms with Crippen LogP contribution < -0.4 is 0 Å². The van der Waals surface area contributed by atoms with E-state index in [1.54, 1.807) is 0 Å². The lowest BCUT2D eigenvalue weighted by Crippen LogP contribution is -2.20. The lowest BCUT2D eigenvalue weighted by molar-refractivity contribution is 0.375. The van der Waals surface area contributed by atoms with E-state index in [1.165, 1.54) is 0 Å². The minimum absolute atomic E-state index is 0.687. The van der Waals surface area contributed by atoms with Gasteiger partial charge in [-0.2, -0.15) is 0 Å². The summed E-state index contributed by atoms with van der Waals surface area (Å²) in [4.78, 5) is 2.11. The van der Waals surface area contributed by atoms with E-state index >= 15 is 0 Å². The molecular weight excluding hydrogens is 146 g/mol. The molecule has 0 atom stereocenters. The molecule has 0 amide bonds. The molecule has 0 radical (unpaired) electrons. The number of nitrogens with zero attached hydrogens (tertiary/aromatic N) is 1. The van der Waals surface area contributed by atoms with Crippen LogP contribution in [0.3, 0.4) is 0 Å². The molecule has 0 saturated carbocycles. The molecule has 0 bridgehead atoms. The van der Waals surface area contributed by atoms with E-state index in [2.05, 4.69) is 18.1 Å². The van der Waals surface area contributed by atoms with Gasteiger partial charge < -0.3 is 4.90 Å². The normalized spacial score (nSPS) is 9.90. The van der Waals surface area contributed by atoms with Gasteiger partial charge in [0, 0.05) is 18.1 Å². The summed E-state index contributed by atoms with van der Waals surface area (Å²) < 4.78 is 0. The summed E-state index contributed by atoms with van der Waals surface area (Å²) in [6.45, 7) is 8.99. The first-order valence-electron chi connectivity index (χ1n) is 3.29. The topological polar surface area (TPSA) is 3.24 Å². The van der Waals surface area contributed by atoms with Gasteiger partial charge in [0.25, 0.3) is 0 Å². The van der Waals surface area contributed by atoms with E-state index in [1.807, 2.05) is 13.1 Å². The van der Waals surface area contributed by atoms with Crippen LogP contribution in [0.5, 0.6) is 0 Å². The van der Waals surface area contributed by atoms with E-state index in [0.717, 1.165) is 19.5 Å². The summed E-state index contributed by atoms with van der Waals surface area (Å²) in [6, 6.07) is 0. The maximum Gasteiger partial charge on any atom is 0.0332 e. The van der Waals surface area contributed by atoms with Crippen LogP contribution in [0.2, 0.25) is 0 Å². The molecule has 0 heterocycles. The van der Waals surface area contributed by atoms with Crippen LogP contribution >= 0.6 is 11.6 Å². The van der Waals surface area contributed by atoms with Crippen LogP contribution in [-0.2, 0) is 0 Å². The predicted octanol–water partition coefficient (Wildman–Crippen LogP) is 2.25. The van der Waals surface area contributed by atoms with Crippen molar-refractivity contribution in [1.82, 2.24) is 4.90 Å². The van der Waals surface area contributed by atoms with Gasteiger partial charge in [-0.05, 0) is 13.5 Å². The van der Waals surface area contributed by atoms with Crippen molar-refractivity contribution in [3.8, 4) is 0 Å². The van der Waals surface area contributed by atoms with Crippen molar-refractivity contribution in [2.75, 3.05) is 20.1 Å². The van der Waals surface area contributed by atoms with Gasteiger partial charge in [-0.3, -0.25) is 0 Å². The molecule has 2 heteroatoms. The average molecular weight is 160 g/mol. The van der Waals surface area contributed by atoms with Crippen molar-refractivity contribution in [1.29, 1.82) is 0 Å². The largest absolute Gasteiger partial charge is 0.301 e. The molecule has 0 spiro atoms. The number of hydrogen-bond donors (Lipinski definition) is 0. The van der Waals surface area contributed by atoms with Gasteiger partial charge in [0.15, 0.2) is 0 Å². The first kappa shape index (κ1) is 9.73. The molecule has 58 valence electrons. The van der Waals surface area contributed by atoms with Crippen LogP contribution in [-0.4, -0.2) is 25.0 Å². The Morgan fingerprint density at radius 2 is 2.30 bits per heavy atom. The van der Waals surface area contributed by atoms with Gasteiger partial charge in [0.05, 0.1) is 0 Å². The Bertz CT molecular complexity index is 120. The predicted molar refractivity (Wildman–Crippen MR) is 47.3 cm³/mol. The Labute approximate surface area is 68.0 Å². The summed E-state index contributed by atoms with van der Waals surface area (Å²) in [5, 5.41) is 0.687. The van der Waals surface area contributed by atoms with E-state index < -0.39 is 0 Å². The molecule has 0 saturated heterocycles. The highest BCUT2D eigenvalue weighted by Gasteiger charge is 1.95. The number of hydrogen-bond acceptors (Lipinski definition) is 1. The molecule has 1 nitrogen and oxygen atoms in total. The zero-order valence-corrected chi connectivity index (χ0v) is 7.19. The Morgan fingerprint density at radius 3 is 2.70 bits per heavy atom. The summed E-state index contributed by atoms with van der Waals surface area (Å²) in [5.74, 6) is 0. The van der Waals surface area contributed by atoms with Crippen LogP contribution in [0.25, 0.3) is 0 Å². The molecule has 0 aromatic heterocycles. The number of likely N-dealkylation sites (N-methyl/N-ethyl adjacent to an activating group) is 1. The molecule has 0 fully saturated rings. The number of rotatable bonds is 5. The second-order valence-electron chi connectivity index (χ2n) is 2.33. The summed E-state index contributed by atoms with van der Waals surface area (Å²) >= 11 is 5.59. The summed E-state index contributed by atoms with van der Waals surface area (Å²) in [5.41, 5.74) is 0. The third kappa shape index (κ3) is 5.86. The van der Waals surface area contributed by atoms with Gasteiger partial charge >= 0.3 is 0 Å². The molecule has 0 rings (SSSR count). The monoisotopic (exact) mass is 159 g/mol. The second-order valence-corrected chi connectivity index (χ2v) is 2.87. The molecule has 10 heavy (non-hydrogen) atoms. The fourth-order valence-electron chi connectivity index (χ4n) is 0.684. The highest BCUT2D eigenvalue weighted by molar-refractivity contribution is 6.29. The zero-order valence-electron chi connectivity index (χ0n) is 6.44. The fraction of sp³-hybridized carbons (Fsp3) is 0.500. The van der Waals surface area contributed by atoms with Crippen molar-refractivity contribution in [3.63, 3.8) is 0 Å². The Morgan fingerprint density at radius 1 is 1.70 bits per heavy atom. The molecular formula is C8H14ClN. The van der Waals surface area contributed by atoms with Gasteiger partial charge in [-0.1, -0.05) is 24.3 Å². The third-order valence-corrected chi connectivity index (χ3v) is 1.28. The molecule has 0 N–H and O–H groups in total. The van der Waals surface area contributed by atoms with Crippen LogP contribution in [0.1, 0.15) is 6.42 Å². The Kier molecular flexibility index (Phi) is 5.36. The lowest BCUT2D eigenvalue weighted by Gasteiger charge is -2.13. The van der Waals surface area contributed by atoms with Crippen molar-refractivity contribution < 1.29 is 0 Å². The second kappa shape index (κ2) is 5.51. The lowest BCUT2D eigenvalue weighted by atomic mass is 10.4. The third-order valence-electron chi connectivity index (χ3n) is 1.16. The zero-order chi connectivity index (χ0) is 7.98. The van der Waals surface area contributed by atoms with Crippen molar-refractivity contribution in [2.45, 2.75) is 6.42 Å². The standard InChI is InChI=1S/C8H14ClN/c1-4-5-6-10(3)7-8(2)9/h4H,1-2,5-7H2,3H3. The summed E-state index contributed by atoms with van der Waals surface area (Å²) in [7, 11) is 2.01. The molecule has 0 aliphatic carbocycles. The van der Waals surface area contributed by atoms with Crippen LogP contribution in [0, 0.1) is 0 Å². The quantitative estimate of drug-likeness (QED) is 0.557. The fourth-order valence-corrected chi connectivity index (χ4v) is 0.888. The Balaban J connectivity index is 3.33. The van der Waals surface area contributed by atoms with Crippen molar-refractivity contribution in [2.24, 2.45) is 0 Å². The highest BCUT2D eigenvalue weighted by atomic mass is 35.5. The minimum atomic E-state index is 0.687. The van der Waals surface area contributed by atoms with E-state index in [0.29, 0.717) is 5.03 Å². The van der Waals surface area contributed by atoms with Crippen LogP contribution in [0.15, 0.2) is 24.3 Å². The van der Waals surface area contributed by atoms with E-state index in [-0.39, 0.29) is 0 Å². The minimum Gasteiger partial charge on any atom is -0.301 e. The molecule has 0 aromatic carbocycles. The van der Waals surface area contributed by atoms with E-state index in [9.17, 15) is 0 Å². The first-order valence-corrected chi connectivity index (χ1v) is 3.67. The maximum absolute atomic E-state index is 5.59.